The second-order valence-electron chi connectivity index (χ2n) is 8.32. The largest absolute Gasteiger partial charge is 0.490 e. The lowest BCUT2D eigenvalue weighted by Crippen LogP contribution is -2.45. The molecule has 0 aromatic heterocycles. The van der Waals surface area contributed by atoms with Crippen molar-refractivity contribution in [3.63, 3.8) is 0 Å². The molecule has 2 fully saturated rings. The molecule has 1 N–H and O–H groups in total. The molecule has 0 unspecified atom stereocenters. The van der Waals surface area contributed by atoms with Gasteiger partial charge in [-0.05, 0) is 77.4 Å². The minimum atomic E-state index is -0.438. The van der Waals surface area contributed by atoms with Gasteiger partial charge in [0.2, 0.25) is 0 Å². The second kappa shape index (κ2) is 12.7. The molecule has 200 valence electrons. The molecule has 38 heavy (non-hydrogen) atoms. The van der Waals surface area contributed by atoms with E-state index < -0.39 is 11.8 Å². The first-order chi connectivity index (χ1) is 18.3. The van der Waals surface area contributed by atoms with Crippen molar-refractivity contribution in [1.29, 1.82) is 0 Å². The van der Waals surface area contributed by atoms with E-state index in [4.69, 9.17) is 26.4 Å². The second-order valence-corrected chi connectivity index (χ2v) is 10.8. The number of carbonyl (C=O) groups is 3. The Morgan fingerprint density at radius 3 is 2.66 bits per heavy atom. The molecule has 0 atom stereocenters. The van der Waals surface area contributed by atoms with Gasteiger partial charge in [-0.3, -0.25) is 19.8 Å². The van der Waals surface area contributed by atoms with Gasteiger partial charge in [0.1, 0.15) is 0 Å². The summed E-state index contributed by atoms with van der Waals surface area (Å²) in [6.07, 6.45) is 1.66. The van der Waals surface area contributed by atoms with Crippen LogP contribution in [0.5, 0.6) is 11.5 Å². The van der Waals surface area contributed by atoms with Crippen LogP contribution < -0.4 is 14.9 Å². The molecule has 12 heteroatoms. The smallest absolute Gasteiger partial charge is 0.285 e. The van der Waals surface area contributed by atoms with Crippen molar-refractivity contribution < 1.29 is 28.6 Å². The van der Waals surface area contributed by atoms with Crippen LogP contribution in [0.25, 0.3) is 6.08 Å². The molecular formula is C26H26BrN3O6S2. The maximum atomic E-state index is 13.1. The van der Waals surface area contributed by atoms with Crippen LogP contribution in [0, 0.1) is 6.92 Å². The van der Waals surface area contributed by atoms with E-state index in [1.165, 1.54) is 0 Å². The number of hydrazine groups is 1. The lowest BCUT2D eigenvalue weighted by atomic mass is 10.1. The van der Waals surface area contributed by atoms with Gasteiger partial charge in [-0.25, -0.2) is 0 Å². The van der Waals surface area contributed by atoms with Crippen LogP contribution >= 0.6 is 39.9 Å². The van der Waals surface area contributed by atoms with Crippen molar-refractivity contribution in [2.24, 2.45) is 0 Å². The van der Waals surface area contributed by atoms with Crippen molar-refractivity contribution in [1.82, 2.24) is 15.3 Å². The van der Waals surface area contributed by atoms with E-state index in [1.54, 1.807) is 35.2 Å². The molecule has 2 aliphatic rings. The zero-order valence-electron chi connectivity index (χ0n) is 20.8. The average Bonchev–Trinajstić information content (AvgIpc) is 3.16. The molecule has 2 aromatic rings. The van der Waals surface area contributed by atoms with E-state index in [9.17, 15) is 14.4 Å². The maximum absolute atomic E-state index is 13.1. The number of nitrogens with one attached hydrogen (secondary N) is 1. The van der Waals surface area contributed by atoms with E-state index in [0.717, 1.165) is 22.3 Å². The molecule has 0 bridgehead atoms. The number of carbonyl (C=O) groups excluding carboxylic acids is 3. The minimum Gasteiger partial charge on any atom is -0.490 e. The van der Waals surface area contributed by atoms with Crippen LogP contribution in [-0.2, 0) is 14.3 Å². The molecule has 3 amide bonds. The molecular weight excluding hydrogens is 594 g/mol. The first-order valence-corrected chi connectivity index (χ1v) is 13.9. The summed E-state index contributed by atoms with van der Waals surface area (Å²) in [5, 5.41) is 1.08. The Labute approximate surface area is 238 Å². The molecule has 0 aliphatic carbocycles. The van der Waals surface area contributed by atoms with Crippen LogP contribution in [0.2, 0.25) is 0 Å². The standard InChI is InChI=1S/C26H26BrN3O6S2/c1-3-35-20-13-17(12-19(27)23(20)36-15-22(31)29-8-10-34-11-9-29)14-21-25(33)30(26(37)38-21)28-24(32)18-7-5-4-6-16(18)2/h4-7,12-14H,3,8-11,15H2,1-2H3,(H,28,32)/b21-14+. The van der Waals surface area contributed by atoms with Crippen LogP contribution in [0.1, 0.15) is 28.4 Å². The van der Waals surface area contributed by atoms with Crippen molar-refractivity contribution in [3.8, 4) is 11.5 Å². The Kier molecular flexibility index (Phi) is 9.42. The molecule has 0 saturated carbocycles. The van der Waals surface area contributed by atoms with Gasteiger partial charge in [0, 0.05) is 18.7 Å². The first kappa shape index (κ1) is 28.1. The van der Waals surface area contributed by atoms with Crippen molar-refractivity contribution in [2.75, 3.05) is 39.5 Å². The van der Waals surface area contributed by atoms with E-state index in [0.29, 0.717) is 64.9 Å². The highest BCUT2D eigenvalue weighted by Crippen LogP contribution is 2.39. The fourth-order valence-corrected chi connectivity index (χ4v) is 5.57. The molecule has 4 rings (SSSR count). The van der Waals surface area contributed by atoms with Gasteiger partial charge in [0.05, 0.1) is 29.2 Å². The van der Waals surface area contributed by atoms with Gasteiger partial charge in [0.15, 0.2) is 22.4 Å². The van der Waals surface area contributed by atoms with Crippen molar-refractivity contribution in [3.05, 3.63) is 62.5 Å². The predicted molar refractivity (Wildman–Crippen MR) is 152 cm³/mol. The molecule has 2 heterocycles. The highest BCUT2D eigenvalue weighted by atomic mass is 79.9. The average molecular weight is 621 g/mol. The zero-order chi connectivity index (χ0) is 27.2. The van der Waals surface area contributed by atoms with Crippen molar-refractivity contribution >= 4 is 68.0 Å². The fourth-order valence-electron chi connectivity index (χ4n) is 3.82. The van der Waals surface area contributed by atoms with E-state index in [-0.39, 0.29) is 16.8 Å². The van der Waals surface area contributed by atoms with E-state index in [2.05, 4.69) is 21.4 Å². The zero-order valence-corrected chi connectivity index (χ0v) is 24.0. The monoisotopic (exact) mass is 619 g/mol. The maximum Gasteiger partial charge on any atom is 0.285 e. The third-order valence-electron chi connectivity index (χ3n) is 5.73. The van der Waals surface area contributed by atoms with Gasteiger partial charge < -0.3 is 19.1 Å². The van der Waals surface area contributed by atoms with Gasteiger partial charge in [0.25, 0.3) is 17.7 Å². The molecule has 0 spiro atoms. The highest BCUT2D eigenvalue weighted by molar-refractivity contribution is 9.10. The summed E-state index contributed by atoms with van der Waals surface area (Å²) >= 11 is 9.94. The summed E-state index contributed by atoms with van der Waals surface area (Å²) < 4.78 is 17.7. The molecule has 9 nitrogen and oxygen atoms in total. The normalized spacial score (nSPS) is 16.7. The SMILES string of the molecule is CCOc1cc(/C=C2/SC(=S)N(NC(=O)c3ccccc3C)C2=O)cc(Br)c1OCC(=O)N1CCOCC1. The number of aryl methyl sites for hydroxylation is 1. The topological polar surface area (TPSA) is 97.4 Å². The first-order valence-electron chi connectivity index (χ1n) is 11.9. The summed E-state index contributed by atoms with van der Waals surface area (Å²) in [5.74, 6) is -0.180. The number of benzene rings is 2. The number of amides is 3. The Bertz CT molecular complexity index is 1300. The Morgan fingerprint density at radius 1 is 1.21 bits per heavy atom. The lowest BCUT2D eigenvalue weighted by molar-refractivity contribution is -0.137. The minimum absolute atomic E-state index is 0.136. The number of halogens is 1. The van der Waals surface area contributed by atoms with Gasteiger partial charge in [-0.15, -0.1) is 0 Å². The number of nitrogens with zero attached hydrogens (tertiary/aromatic N) is 2. The van der Waals surface area contributed by atoms with E-state index >= 15 is 0 Å². The summed E-state index contributed by atoms with van der Waals surface area (Å²) in [6.45, 7) is 5.97. The molecule has 0 radical (unpaired) electrons. The lowest BCUT2D eigenvalue weighted by Gasteiger charge is -2.27. The number of rotatable bonds is 8. The Hall–Kier alpha value is -2.93. The number of hydrogen-bond donors (Lipinski definition) is 1. The van der Waals surface area contributed by atoms with Crippen LogP contribution in [-0.4, -0.2) is 71.5 Å². The fraction of sp³-hybridized carbons (Fsp3) is 0.308. The number of thiocarbonyl (C=S) groups is 1. The third-order valence-corrected chi connectivity index (χ3v) is 7.62. The summed E-state index contributed by atoms with van der Waals surface area (Å²) in [5.41, 5.74) is 4.50. The quantitative estimate of drug-likeness (QED) is 0.351. The summed E-state index contributed by atoms with van der Waals surface area (Å²) in [7, 11) is 0. The summed E-state index contributed by atoms with van der Waals surface area (Å²) in [4.78, 5) is 40.4. The number of ether oxygens (including phenoxy) is 3. The Balaban J connectivity index is 1.49. The predicted octanol–water partition coefficient (Wildman–Crippen LogP) is 3.94. The Morgan fingerprint density at radius 2 is 1.95 bits per heavy atom. The third kappa shape index (κ3) is 6.55. The summed E-state index contributed by atoms with van der Waals surface area (Å²) in [6, 6.07) is 10.6. The van der Waals surface area contributed by atoms with Gasteiger partial charge >= 0.3 is 0 Å². The molecule has 2 aromatic carbocycles. The molecule has 2 saturated heterocycles. The number of thioether (sulfide) groups is 1. The number of morpholine rings is 1. The van der Waals surface area contributed by atoms with Crippen LogP contribution in [0.3, 0.4) is 0 Å². The van der Waals surface area contributed by atoms with Gasteiger partial charge in [-0.2, -0.15) is 5.01 Å². The van der Waals surface area contributed by atoms with Crippen molar-refractivity contribution in [2.45, 2.75) is 13.8 Å². The highest BCUT2D eigenvalue weighted by Gasteiger charge is 2.34. The van der Waals surface area contributed by atoms with Crippen LogP contribution in [0.4, 0.5) is 0 Å². The van der Waals surface area contributed by atoms with E-state index in [1.807, 2.05) is 26.0 Å². The van der Waals surface area contributed by atoms with Gasteiger partial charge in [-0.1, -0.05) is 30.0 Å². The number of hydrogen-bond acceptors (Lipinski definition) is 8. The van der Waals surface area contributed by atoms with Crippen LogP contribution in [0.15, 0.2) is 45.8 Å². The molecule has 2 aliphatic heterocycles.